The molecule has 108 valence electrons. The van der Waals surface area contributed by atoms with Crippen LogP contribution >= 0.6 is 0 Å². The Labute approximate surface area is 120 Å². The van der Waals surface area contributed by atoms with E-state index >= 15 is 0 Å². The van der Waals surface area contributed by atoms with E-state index < -0.39 is 0 Å². The zero-order valence-electron chi connectivity index (χ0n) is 12.3. The highest BCUT2D eigenvalue weighted by atomic mass is 16.5. The second-order valence-electron chi connectivity index (χ2n) is 4.97. The number of hydrogen-bond donors (Lipinski definition) is 1. The van der Waals surface area contributed by atoms with Crippen molar-refractivity contribution in [2.45, 2.75) is 12.8 Å². The minimum absolute atomic E-state index is 0.638. The lowest BCUT2D eigenvalue weighted by atomic mass is 10.1. The summed E-state index contributed by atoms with van der Waals surface area (Å²) in [5, 5.41) is 1.17. The quantitative estimate of drug-likeness (QED) is 0.786. The first-order valence-corrected chi connectivity index (χ1v) is 7.05. The molecule has 0 atom stereocenters. The van der Waals surface area contributed by atoms with Crippen LogP contribution < -0.4 is 10.6 Å². The Kier molecular flexibility index (Phi) is 5.32. The van der Waals surface area contributed by atoms with E-state index in [-0.39, 0.29) is 0 Å². The third-order valence-electron chi connectivity index (χ3n) is 3.40. The number of rotatable bonds is 7. The van der Waals surface area contributed by atoms with Crippen molar-refractivity contribution in [3.63, 3.8) is 0 Å². The van der Waals surface area contributed by atoms with Gasteiger partial charge < -0.3 is 15.4 Å². The van der Waals surface area contributed by atoms with Crippen LogP contribution in [-0.2, 0) is 11.2 Å². The molecule has 0 aliphatic heterocycles. The summed E-state index contributed by atoms with van der Waals surface area (Å²) in [7, 11) is 3.81. The average molecular weight is 273 g/mol. The van der Waals surface area contributed by atoms with Gasteiger partial charge in [0.15, 0.2) is 0 Å². The number of para-hydroxylation sites is 1. The largest absolute Gasteiger partial charge is 0.385 e. The highest BCUT2D eigenvalue weighted by Crippen LogP contribution is 2.23. The standard InChI is InChI=1S/C16H23N3O/c1-19(10-5-11-20-2)16-14(8-9-17)12-13-6-3-4-7-15(13)18-16/h3-4,6-7,12H,5,8-11,17H2,1-2H3. The second kappa shape index (κ2) is 7.22. The Bertz CT molecular complexity index is 556. The number of pyridine rings is 1. The fourth-order valence-corrected chi connectivity index (χ4v) is 2.37. The molecule has 0 unspecified atom stereocenters. The average Bonchev–Trinajstić information content (AvgIpc) is 2.47. The maximum Gasteiger partial charge on any atom is 0.132 e. The Morgan fingerprint density at radius 3 is 2.85 bits per heavy atom. The molecule has 0 aliphatic carbocycles. The summed E-state index contributed by atoms with van der Waals surface area (Å²) in [5.41, 5.74) is 7.97. The van der Waals surface area contributed by atoms with E-state index in [0.717, 1.165) is 37.3 Å². The molecule has 2 N–H and O–H groups in total. The predicted octanol–water partition coefficient (Wildman–Crippen LogP) is 2.21. The number of nitrogens with two attached hydrogens (primary N) is 1. The van der Waals surface area contributed by atoms with Crippen molar-refractivity contribution >= 4 is 16.7 Å². The van der Waals surface area contributed by atoms with Crippen LogP contribution in [-0.4, -0.2) is 38.8 Å². The van der Waals surface area contributed by atoms with Gasteiger partial charge in [-0.25, -0.2) is 4.98 Å². The predicted molar refractivity (Wildman–Crippen MR) is 84.3 cm³/mol. The van der Waals surface area contributed by atoms with Crippen LogP contribution in [0.5, 0.6) is 0 Å². The first kappa shape index (κ1) is 14.8. The van der Waals surface area contributed by atoms with E-state index in [4.69, 9.17) is 15.5 Å². The van der Waals surface area contributed by atoms with Crippen LogP contribution in [0.2, 0.25) is 0 Å². The van der Waals surface area contributed by atoms with Gasteiger partial charge >= 0.3 is 0 Å². The molecule has 1 heterocycles. The molecule has 0 saturated heterocycles. The topological polar surface area (TPSA) is 51.4 Å². The molecule has 4 heteroatoms. The number of methoxy groups -OCH3 is 1. The molecule has 20 heavy (non-hydrogen) atoms. The van der Waals surface area contributed by atoms with Crippen molar-refractivity contribution in [2.24, 2.45) is 5.73 Å². The van der Waals surface area contributed by atoms with Gasteiger partial charge in [-0.2, -0.15) is 0 Å². The molecular formula is C16H23N3O. The highest BCUT2D eigenvalue weighted by molar-refractivity contribution is 5.81. The number of hydrogen-bond acceptors (Lipinski definition) is 4. The third-order valence-corrected chi connectivity index (χ3v) is 3.40. The minimum atomic E-state index is 0.638. The molecule has 4 nitrogen and oxygen atoms in total. The van der Waals surface area contributed by atoms with Crippen LogP contribution in [0.1, 0.15) is 12.0 Å². The van der Waals surface area contributed by atoms with Gasteiger partial charge in [-0.05, 0) is 37.1 Å². The van der Waals surface area contributed by atoms with Crippen LogP contribution in [0.15, 0.2) is 30.3 Å². The fourth-order valence-electron chi connectivity index (χ4n) is 2.37. The van der Waals surface area contributed by atoms with Crippen molar-refractivity contribution in [1.82, 2.24) is 4.98 Å². The van der Waals surface area contributed by atoms with Crippen molar-refractivity contribution in [2.75, 3.05) is 38.8 Å². The SMILES string of the molecule is COCCCN(C)c1nc2ccccc2cc1CCN. The monoisotopic (exact) mass is 273 g/mol. The van der Waals surface area contributed by atoms with E-state index in [1.165, 1.54) is 10.9 Å². The van der Waals surface area contributed by atoms with Gasteiger partial charge in [-0.1, -0.05) is 18.2 Å². The number of benzene rings is 1. The lowest BCUT2D eigenvalue weighted by molar-refractivity contribution is 0.196. The summed E-state index contributed by atoms with van der Waals surface area (Å²) in [4.78, 5) is 6.99. The van der Waals surface area contributed by atoms with Crippen LogP contribution in [0.25, 0.3) is 10.9 Å². The Hall–Kier alpha value is -1.65. The van der Waals surface area contributed by atoms with E-state index in [1.54, 1.807) is 7.11 Å². The van der Waals surface area contributed by atoms with E-state index in [1.807, 2.05) is 18.2 Å². The van der Waals surface area contributed by atoms with Gasteiger partial charge in [0.25, 0.3) is 0 Å². The summed E-state index contributed by atoms with van der Waals surface area (Å²) in [6.45, 7) is 2.33. The van der Waals surface area contributed by atoms with Crippen molar-refractivity contribution in [1.29, 1.82) is 0 Å². The molecular weight excluding hydrogens is 250 g/mol. The number of ether oxygens (including phenoxy) is 1. The summed E-state index contributed by atoms with van der Waals surface area (Å²) >= 11 is 0. The highest BCUT2D eigenvalue weighted by Gasteiger charge is 2.10. The maximum atomic E-state index is 5.73. The normalized spacial score (nSPS) is 10.9. The first-order chi connectivity index (χ1) is 9.76. The number of aromatic nitrogens is 1. The van der Waals surface area contributed by atoms with Gasteiger partial charge in [0, 0.05) is 32.7 Å². The third kappa shape index (κ3) is 3.46. The van der Waals surface area contributed by atoms with Gasteiger partial charge in [0.1, 0.15) is 5.82 Å². The molecule has 1 aromatic carbocycles. The molecule has 0 bridgehead atoms. The van der Waals surface area contributed by atoms with Gasteiger partial charge in [0.05, 0.1) is 5.52 Å². The molecule has 0 aliphatic rings. The zero-order valence-corrected chi connectivity index (χ0v) is 12.3. The number of anilines is 1. The van der Waals surface area contributed by atoms with Gasteiger partial charge in [0.2, 0.25) is 0 Å². The summed E-state index contributed by atoms with van der Waals surface area (Å²) in [6, 6.07) is 10.4. The molecule has 2 rings (SSSR count). The summed E-state index contributed by atoms with van der Waals surface area (Å²) in [5.74, 6) is 1.03. The van der Waals surface area contributed by atoms with Gasteiger partial charge in [-0.3, -0.25) is 0 Å². The molecule has 2 aromatic rings. The summed E-state index contributed by atoms with van der Waals surface area (Å²) in [6.07, 6.45) is 1.84. The number of fused-ring (bicyclic) bond motifs is 1. The second-order valence-corrected chi connectivity index (χ2v) is 4.97. The van der Waals surface area contributed by atoms with Crippen LogP contribution in [0.3, 0.4) is 0 Å². The zero-order chi connectivity index (χ0) is 14.4. The molecule has 1 aromatic heterocycles. The van der Waals surface area contributed by atoms with Crippen molar-refractivity contribution < 1.29 is 4.74 Å². The van der Waals surface area contributed by atoms with E-state index in [9.17, 15) is 0 Å². The van der Waals surface area contributed by atoms with Crippen molar-refractivity contribution in [3.05, 3.63) is 35.9 Å². The Balaban J connectivity index is 2.30. The smallest absolute Gasteiger partial charge is 0.132 e. The maximum absolute atomic E-state index is 5.73. The molecule has 0 saturated carbocycles. The molecule has 0 fully saturated rings. The van der Waals surface area contributed by atoms with Crippen LogP contribution in [0, 0.1) is 0 Å². The van der Waals surface area contributed by atoms with E-state index in [2.05, 4.69) is 24.1 Å². The Morgan fingerprint density at radius 1 is 1.30 bits per heavy atom. The molecule has 0 spiro atoms. The lowest BCUT2D eigenvalue weighted by Crippen LogP contribution is -2.23. The minimum Gasteiger partial charge on any atom is -0.385 e. The lowest BCUT2D eigenvalue weighted by Gasteiger charge is -2.21. The Morgan fingerprint density at radius 2 is 2.10 bits per heavy atom. The number of nitrogens with zero attached hydrogens (tertiary/aromatic N) is 2. The van der Waals surface area contributed by atoms with Crippen LogP contribution in [0.4, 0.5) is 5.82 Å². The fraction of sp³-hybridized carbons (Fsp3) is 0.438. The van der Waals surface area contributed by atoms with Crippen molar-refractivity contribution in [3.8, 4) is 0 Å². The van der Waals surface area contributed by atoms with Gasteiger partial charge in [-0.15, -0.1) is 0 Å². The molecule has 0 radical (unpaired) electrons. The summed E-state index contributed by atoms with van der Waals surface area (Å²) < 4.78 is 5.11. The first-order valence-electron chi connectivity index (χ1n) is 7.05. The van der Waals surface area contributed by atoms with E-state index in [0.29, 0.717) is 6.54 Å². The molecule has 0 amide bonds.